The largest absolute Gasteiger partial charge is 0.389 e. The Morgan fingerprint density at radius 3 is 2.62 bits per heavy atom. The van der Waals surface area contributed by atoms with E-state index in [4.69, 9.17) is 0 Å². The molecule has 3 nitrogen and oxygen atoms in total. The van der Waals surface area contributed by atoms with Gasteiger partial charge in [0.1, 0.15) is 0 Å². The Hall–Kier alpha value is -1.04. The number of aromatic nitrogens is 2. The smallest absolute Gasteiger partial charge is 0.336 e. The highest BCUT2D eigenvalue weighted by Crippen LogP contribution is 2.25. The number of alkyl halides is 3. The minimum atomic E-state index is -4.06. The highest BCUT2D eigenvalue weighted by molar-refractivity contribution is 5.04. The standard InChI is InChI=1S/C10H16F3N3/c1-14-8(4-3-5-10(11,12)13)9-6-15-7-16(9)2/h6-8,14H,3-5H2,1-2H3. The quantitative estimate of drug-likeness (QED) is 0.849. The van der Waals surface area contributed by atoms with Gasteiger partial charge in [-0.2, -0.15) is 13.2 Å². The molecule has 0 saturated heterocycles. The number of halogens is 3. The van der Waals surface area contributed by atoms with E-state index in [1.807, 2.05) is 11.6 Å². The number of aryl methyl sites for hydroxylation is 1. The van der Waals surface area contributed by atoms with Gasteiger partial charge in [0.25, 0.3) is 0 Å². The normalized spacial score (nSPS) is 14.1. The van der Waals surface area contributed by atoms with Crippen LogP contribution < -0.4 is 5.32 Å². The third kappa shape index (κ3) is 3.84. The molecule has 0 amide bonds. The zero-order chi connectivity index (χ0) is 12.2. The number of hydrogen-bond acceptors (Lipinski definition) is 2. The first-order valence-electron chi connectivity index (χ1n) is 5.14. The number of nitrogens with zero attached hydrogens (tertiary/aromatic N) is 2. The monoisotopic (exact) mass is 235 g/mol. The van der Waals surface area contributed by atoms with E-state index in [1.54, 1.807) is 19.6 Å². The molecule has 0 spiro atoms. The van der Waals surface area contributed by atoms with Crippen molar-refractivity contribution in [1.82, 2.24) is 14.9 Å². The lowest BCUT2D eigenvalue weighted by atomic mass is 10.1. The zero-order valence-electron chi connectivity index (χ0n) is 9.38. The second-order valence-corrected chi connectivity index (χ2v) is 3.78. The maximum absolute atomic E-state index is 12.0. The predicted octanol–water partition coefficient (Wildman–Crippen LogP) is 2.41. The lowest BCUT2D eigenvalue weighted by molar-refractivity contribution is -0.135. The van der Waals surface area contributed by atoms with Gasteiger partial charge in [0.2, 0.25) is 0 Å². The van der Waals surface area contributed by atoms with Gasteiger partial charge in [-0.3, -0.25) is 0 Å². The van der Waals surface area contributed by atoms with E-state index >= 15 is 0 Å². The Labute approximate surface area is 92.7 Å². The van der Waals surface area contributed by atoms with Crippen molar-refractivity contribution in [2.45, 2.75) is 31.5 Å². The van der Waals surface area contributed by atoms with Crippen LogP contribution in [0, 0.1) is 0 Å². The third-order valence-electron chi connectivity index (χ3n) is 2.51. The summed E-state index contributed by atoms with van der Waals surface area (Å²) in [6, 6.07) is -0.0742. The van der Waals surface area contributed by atoms with Crippen LogP contribution in [-0.2, 0) is 7.05 Å². The topological polar surface area (TPSA) is 29.9 Å². The summed E-state index contributed by atoms with van der Waals surface area (Å²) in [5, 5.41) is 3.00. The van der Waals surface area contributed by atoms with Crippen LogP contribution in [0.2, 0.25) is 0 Å². The molecule has 1 aromatic rings. The first-order chi connectivity index (χ1) is 7.44. The third-order valence-corrected chi connectivity index (χ3v) is 2.51. The van der Waals surface area contributed by atoms with Gasteiger partial charge in [0, 0.05) is 25.7 Å². The van der Waals surface area contributed by atoms with Crippen LogP contribution in [0.4, 0.5) is 13.2 Å². The van der Waals surface area contributed by atoms with Crippen LogP contribution in [-0.4, -0.2) is 22.8 Å². The van der Waals surface area contributed by atoms with Crippen molar-refractivity contribution in [3.05, 3.63) is 18.2 Å². The van der Waals surface area contributed by atoms with Gasteiger partial charge in [-0.05, 0) is 19.9 Å². The van der Waals surface area contributed by atoms with Crippen molar-refractivity contribution in [3.63, 3.8) is 0 Å². The molecular weight excluding hydrogens is 219 g/mol. The predicted molar refractivity (Wildman–Crippen MR) is 54.9 cm³/mol. The van der Waals surface area contributed by atoms with Gasteiger partial charge in [-0.15, -0.1) is 0 Å². The molecule has 1 unspecified atom stereocenters. The van der Waals surface area contributed by atoms with Crippen molar-refractivity contribution in [2.24, 2.45) is 7.05 Å². The molecule has 1 atom stereocenters. The minimum absolute atomic E-state index is 0.0742. The van der Waals surface area contributed by atoms with E-state index in [9.17, 15) is 13.2 Å². The molecule has 0 saturated carbocycles. The second kappa shape index (κ2) is 5.34. The number of imidazole rings is 1. The molecule has 1 N–H and O–H groups in total. The van der Waals surface area contributed by atoms with Crippen molar-refractivity contribution >= 4 is 0 Å². The van der Waals surface area contributed by atoms with E-state index in [0.717, 1.165) is 5.69 Å². The molecule has 0 aliphatic carbocycles. The second-order valence-electron chi connectivity index (χ2n) is 3.78. The van der Waals surface area contributed by atoms with Gasteiger partial charge < -0.3 is 9.88 Å². The summed E-state index contributed by atoms with van der Waals surface area (Å²) < 4.78 is 37.8. The lowest BCUT2D eigenvalue weighted by Gasteiger charge is -2.17. The van der Waals surface area contributed by atoms with Crippen LogP contribution in [0.1, 0.15) is 31.0 Å². The Kier molecular flexibility index (Phi) is 4.35. The average molecular weight is 235 g/mol. The van der Waals surface area contributed by atoms with Gasteiger partial charge in [0.15, 0.2) is 0 Å². The van der Waals surface area contributed by atoms with Crippen molar-refractivity contribution < 1.29 is 13.2 Å². The molecule has 0 fully saturated rings. The Morgan fingerprint density at radius 2 is 2.19 bits per heavy atom. The molecule has 0 aliphatic heterocycles. The van der Waals surface area contributed by atoms with Crippen LogP contribution in [0.5, 0.6) is 0 Å². The van der Waals surface area contributed by atoms with E-state index in [0.29, 0.717) is 6.42 Å². The van der Waals surface area contributed by atoms with Gasteiger partial charge in [-0.1, -0.05) is 0 Å². The summed E-state index contributed by atoms with van der Waals surface area (Å²) in [7, 11) is 3.57. The lowest BCUT2D eigenvalue weighted by Crippen LogP contribution is -2.19. The molecule has 1 heterocycles. The Balaban J connectivity index is 2.48. The number of hydrogen-bond donors (Lipinski definition) is 1. The SMILES string of the molecule is CNC(CCCC(F)(F)F)c1cncn1C. The summed E-state index contributed by atoms with van der Waals surface area (Å²) in [5.41, 5.74) is 0.907. The van der Waals surface area contributed by atoms with E-state index in [-0.39, 0.29) is 12.5 Å². The van der Waals surface area contributed by atoms with Gasteiger partial charge >= 0.3 is 6.18 Å². The molecule has 16 heavy (non-hydrogen) atoms. The maximum atomic E-state index is 12.0. The molecule has 0 aliphatic rings. The Morgan fingerprint density at radius 1 is 1.50 bits per heavy atom. The fourth-order valence-corrected chi connectivity index (χ4v) is 1.65. The number of nitrogens with one attached hydrogen (secondary N) is 1. The molecule has 0 bridgehead atoms. The first-order valence-corrected chi connectivity index (χ1v) is 5.14. The highest BCUT2D eigenvalue weighted by atomic mass is 19.4. The van der Waals surface area contributed by atoms with Crippen LogP contribution >= 0.6 is 0 Å². The molecule has 0 radical (unpaired) electrons. The van der Waals surface area contributed by atoms with E-state index < -0.39 is 12.6 Å². The maximum Gasteiger partial charge on any atom is 0.389 e. The highest BCUT2D eigenvalue weighted by Gasteiger charge is 2.27. The molecular formula is C10H16F3N3. The summed E-state index contributed by atoms with van der Waals surface area (Å²) in [6.07, 6.45) is -0.901. The molecule has 1 aromatic heterocycles. The van der Waals surface area contributed by atoms with Crippen molar-refractivity contribution in [1.29, 1.82) is 0 Å². The van der Waals surface area contributed by atoms with Crippen LogP contribution in [0.3, 0.4) is 0 Å². The Bertz CT molecular complexity index is 319. The number of rotatable bonds is 5. The zero-order valence-corrected chi connectivity index (χ0v) is 9.38. The molecule has 6 heteroatoms. The van der Waals surface area contributed by atoms with E-state index in [1.165, 1.54) is 0 Å². The molecule has 92 valence electrons. The average Bonchev–Trinajstić information content (AvgIpc) is 2.58. The van der Waals surface area contributed by atoms with Crippen LogP contribution in [0.15, 0.2) is 12.5 Å². The van der Waals surface area contributed by atoms with Crippen molar-refractivity contribution in [2.75, 3.05) is 7.05 Å². The van der Waals surface area contributed by atoms with E-state index in [2.05, 4.69) is 10.3 Å². The van der Waals surface area contributed by atoms with Gasteiger partial charge in [0.05, 0.1) is 12.0 Å². The summed E-state index contributed by atoms with van der Waals surface area (Å²) in [4.78, 5) is 3.95. The summed E-state index contributed by atoms with van der Waals surface area (Å²) in [6.45, 7) is 0. The minimum Gasteiger partial charge on any atom is -0.336 e. The van der Waals surface area contributed by atoms with Crippen molar-refractivity contribution in [3.8, 4) is 0 Å². The summed E-state index contributed by atoms with van der Waals surface area (Å²) in [5.74, 6) is 0. The molecule has 0 aromatic carbocycles. The fraction of sp³-hybridized carbons (Fsp3) is 0.700. The fourth-order valence-electron chi connectivity index (χ4n) is 1.65. The van der Waals surface area contributed by atoms with Crippen LogP contribution in [0.25, 0.3) is 0 Å². The summed E-state index contributed by atoms with van der Waals surface area (Å²) >= 11 is 0. The first kappa shape index (κ1) is 13.0. The van der Waals surface area contributed by atoms with Gasteiger partial charge in [-0.25, -0.2) is 4.98 Å². The molecule has 1 rings (SSSR count).